The average Bonchev–Trinajstić information content (AvgIpc) is 2.32. The predicted octanol–water partition coefficient (Wildman–Crippen LogP) is 2.86. The SMILES string of the molecule is Cc1cc(N2C(C)CCCC2CN)ncc1Br. The van der Waals surface area contributed by atoms with Crippen LogP contribution in [0.1, 0.15) is 31.7 Å². The maximum Gasteiger partial charge on any atom is 0.129 e. The van der Waals surface area contributed by atoms with Gasteiger partial charge in [-0.1, -0.05) is 0 Å². The molecule has 0 bridgehead atoms. The van der Waals surface area contributed by atoms with Crippen molar-refractivity contribution in [3.63, 3.8) is 0 Å². The largest absolute Gasteiger partial charge is 0.350 e. The van der Waals surface area contributed by atoms with Crippen molar-refractivity contribution in [3.05, 3.63) is 22.3 Å². The van der Waals surface area contributed by atoms with Crippen molar-refractivity contribution < 1.29 is 0 Å². The first-order valence-electron chi connectivity index (χ1n) is 6.24. The Labute approximate surface area is 112 Å². The summed E-state index contributed by atoms with van der Waals surface area (Å²) in [6, 6.07) is 3.12. The highest BCUT2D eigenvalue weighted by Gasteiger charge is 2.27. The summed E-state index contributed by atoms with van der Waals surface area (Å²) in [6.45, 7) is 5.07. The van der Waals surface area contributed by atoms with Gasteiger partial charge in [0.15, 0.2) is 0 Å². The second-order valence-electron chi connectivity index (χ2n) is 4.87. The number of hydrogen-bond acceptors (Lipinski definition) is 3. The molecule has 1 aromatic rings. The van der Waals surface area contributed by atoms with E-state index in [0.717, 1.165) is 10.3 Å². The Hall–Kier alpha value is -0.610. The van der Waals surface area contributed by atoms with Gasteiger partial charge in [-0.15, -0.1) is 0 Å². The van der Waals surface area contributed by atoms with E-state index in [1.54, 1.807) is 0 Å². The topological polar surface area (TPSA) is 42.1 Å². The van der Waals surface area contributed by atoms with Crippen molar-refractivity contribution in [2.45, 2.75) is 45.2 Å². The molecule has 2 unspecified atom stereocenters. The highest BCUT2D eigenvalue weighted by molar-refractivity contribution is 9.10. The fourth-order valence-electron chi connectivity index (χ4n) is 2.60. The zero-order valence-corrected chi connectivity index (χ0v) is 12.1. The lowest BCUT2D eigenvalue weighted by Gasteiger charge is -2.41. The van der Waals surface area contributed by atoms with E-state index in [9.17, 15) is 0 Å². The van der Waals surface area contributed by atoms with Gasteiger partial charge in [0.1, 0.15) is 5.82 Å². The Morgan fingerprint density at radius 3 is 2.94 bits per heavy atom. The summed E-state index contributed by atoms with van der Waals surface area (Å²) in [5.41, 5.74) is 7.11. The van der Waals surface area contributed by atoms with Crippen LogP contribution in [-0.4, -0.2) is 23.6 Å². The summed E-state index contributed by atoms with van der Waals surface area (Å²) in [6.07, 6.45) is 5.57. The van der Waals surface area contributed by atoms with Gasteiger partial charge >= 0.3 is 0 Å². The zero-order valence-electron chi connectivity index (χ0n) is 10.5. The Morgan fingerprint density at radius 2 is 2.29 bits per heavy atom. The highest BCUT2D eigenvalue weighted by atomic mass is 79.9. The molecule has 4 heteroatoms. The number of rotatable bonds is 2. The zero-order chi connectivity index (χ0) is 12.4. The molecule has 0 aromatic carbocycles. The second-order valence-corrected chi connectivity index (χ2v) is 5.72. The van der Waals surface area contributed by atoms with Gasteiger partial charge in [-0.2, -0.15) is 0 Å². The lowest BCUT2D eigenvalue weighted by atomic mass is 9.96. The molecule has 0 amide bonds. The van der Waals surface area contributed by atoms with Crippen LogP contribution in [0.4, 0.5) is 5.82 Å². The molecule has 1 fully saturated rings. The average molecular weight is 298 g/mol. The monoisotopic (exact) mass is 297 g/mol. The minimum Gasteiger partial charge on any atom is -0.350 e. The molecule has 0 radical (unpaired) electrons. The molecule has 2 rings (SSSR count). The van der Waals surface area contributed by atoms with Crippen LogP contribution in [0.25, 0.3) is 0 Å². The molecule has 2 atom stereocenters. The van der Waals surface area contributed by atoms with E-state index >= 15 is 0 Å². The summed E-state index contributed by atoms with van der Waals surface area (Å²) >= 11 is 3.49. The first-order valence-corrected chi connectivity index (χ1v) is 7.03. The minimum atomic E-state index is 0.437. The van der Waals surface area contributed by atoms with Crippen molar-refractivity contribution >= 4 is 21.7 Å². The molecular formula is C13H20BrN3. The summed E-state index contributed by atoms with van der Waals surface area (Å²) in [7, 11) is 0. The van der Waals surface area contributed by atoms with Crippen LogP contribution in [0.5, 0.6) is 0 Å². The van der Waals surface area contributed by atoms with E-state index in [-0.39, 0.29) is 0 Å². The van der Waals surface area contributed by atoms with Gasteiger partial charge in [-0.3, -0.25) is 0 Å². The fraction of sp³-hybridized carbons (Fsp3) is 0.615. The van der Waals surface area contributed by atoms with Crippen molar-refractivity contribution in [2.75, 3.05) is 11.4 Å². The first-order chi connectivity index (χ1) is 8.13. The summed E-state index contributed by atoms with van der Waals surface area (Å²) < 4.78 is 1.07. The van der Waals surface area contributed by atoms with Crippen molar-refractivity contribution in [1.29, 1.82) is 0 Å². The van der Waals surface area contributed by atoms with Crippen molar-refractivity contribution in [3.8, 4) is 0 Å². The minimum absolute atomic E-state index is 0.437. The molecule has 0 aliphatic carbocycles. The highest BCUT2D eigenvalue weighted by Crippen LogP contribution is 2.29. The molecular weight excluding hydrogens is 278 g/mol. The van der Waals surface area contributed by atoms with Crippen LogP contribution in [0.3, 0.4) is 0 Å². The number of halogens is 1. The molecule has 1 saturated heterocycles. The molecule has 1 aromatic heterocycles. The van der Waals surface area contributed by atoms with Gasteiger partial charge in [-0.25, -0.2) is 4.98 Å². The number of pyridine rings is 1. The number of nitrogens with zero attached hydrogens (tertiary/aromatic N) is 2. The number of aryl methyl sites for hydroxylation is 1. The lowest BCUT2D eigenvalue weighted by molar-refractivity contribution is 0.397. The smallest absolute Gasteiger partial charge is 0.129 e. The number of anilines is 1. The molecule has 3 nitrogen and oxygen atoms in total. The van der Waals surface area contributed by atoms with Crippen LogP contribution in [-0.2, 0) is 0 Å². The lowest BCUT2D eigenvalue weighted by Crippen LogP contribution is -2.49. The number of aromatic nitrogens is 1. The van der Waals surface area contributed by atoms with Crippen LogP contribution in [0, 0.1) is 6.92 Å². The van der Waals surface area contributed by atoms with E-state index in [0.29, 0.717) is 18.6 Å². The van der Waals surface area contributed by atoms with Crippen LogP contribution in [0.2, 0.25) is 0 Å². The van der Waals surface area contributed by atoms with E-state index in [1.807, 2.05) is 6.20 Å². The Kier molecular flexibility index (Phi) is 4.05. The Balaban J connectivity index is 2.31. The fourth-order valence-corrected chi connectivity index (χ4v) is 2.81. The normalized spacial score (nSPS) is 25.1. The first kappa shape index (κ1) is 12.8. The van der Waals surface area contributed by atoms with Crippen LogP contribution >= 0.6 is 15.9 Å². The number of piperidine rings is 1. The quantitative estimate of drug-likeness (QED) is 0.913. The molecule has 1 aliphatic rings. The van der Waals surface area contributed by atoms with Crippen molar-refractivity contribution in [2.24, 2.45) is 5.73 Å². The van der Waals surface area contributed by atoms with Gasteiger partial charge in [0.05, 0.1) is 0 Å². The second kappa shape index (κ2) is 5.36. The Morgan fingerprint density at radius 1 is 1.53 bits per heavy atom. The summed E-state index contributed by atoms with van der Waals surface area (Å²) in [4.78, 5) is 6.93. The van der Waals surface area contributed by atoms with E-state index in [4.69, 9.17) is 5.73 Å². The van der Waals surface area contributed by atoms with Gasteiger partial charge in [-0.05, 0) is 60.7 Å². The molecule has 94 valence electrons. The van der Waals surface area contributed by atoms with Crippen LogP contribution in [0.15, 0.2) is 16.7 Å². The van der Waals surface area contributed by atoms with Crippen LogP contribution < -0.4 is 10.6 Å². The third kappa shape index (κ3) is 2.63. The molecule has 0 spiro atoms. The van der Waals surface area contributed by atoms with E-state index < -0.39 is 0 Å². The van der Waals surface area contributed by atoms with Gasteiger partial charge in [0.2, 0.25) is 0 Å². The number of hydrogen-bond donors (Lipinski definition) is 1. The molecule has 2 N–H and O–H groups in total. The molecule has 1 aliphatic heterocycles. The summed E-state index contributed by atoms with van der Waals surface area (Å²) in [5.74, 6) is 1.06. The predicted molar refractivity (Wildman–Crippen MR) is 75.3 cm³/mol. The van der Waals surface area contributed by atoms with Crippen molar-refractivity contribution in [1.82, 2.24) is 4.98 Å². The van der Waals surface area contributed by atoms with Gasteiger partial charge in [0, 0.05) is 29.3 Å². The van der Waals surface area contributed by atoms with E-state index in [2.05, 4.69) is 45.7 Å². The molecule has 17 heavy (non-hydrogen) atoms. The van der Waals surface area contributed by atoms with Gasteiger partial charge < -0.3 is 10.6 Å². The maximum absolute atomic E-state index is 5.88. The molecule has 0 saturated carbocycles. The Bertz CT molecular complexity index is 394. The number of nitrogens with two attached hydrogens (primary N) is 1. The van der Waals surface area contributed by atoms with Gasteiger partial charge in [0.25, 0.3) is 0 Å². The molecule has 2 heterocycles. The third-order valence-electron chi connectivity index (χ3n) is 3.60. The van der Waals surface area contributed by atoms with E-state index in [1.165, 1.54) is 24.8 Å². The third-order valence-corrected chi connectivity index (χ3v) is 4.43. The summed E-state index contributed by atoms with van der Waals surface area (Å²) in [5, 5.41) is 0. The maximum atomic E-state index is 5.88. The standard InChI is InChI=1S/C13H20BrN3/c1-9-6-13(16-8-12(9)14)17-10(2)4-3-5-11(17)7-15/h6,8,10-11H,3-5,7,15H2,1-2H3.